The predicted octanol–water partition coefficient (Wildman–Crippen LogP) is 1.13. The maximum Gasteiger partial charge on any atom is 0.222 e. The first-order valence-corrected chi connectivity index (χ1v) is 3.58. The van der Waals surface area contributed by atoms with Crippen molar-refractivity contribution in [3.05, 3.63) is 41.9 Å². The average molecular weight is 205 g/mol. The van der Waals surface area contributed by atoms with Crippen molar-refractivity contribution in [1.82, 2.24) is 5.32 Å². The molecule has 1 N–H and O–H groups in total. The van der Waals surface area contributed by atoms with Gasteiger partial charge in [0.15, 0.2) is 0 Å². The van der Waals surface area contributed by atoms with Crippen LogP contribution in [-0.4, -0.2) is 5.91 Å². The summed E-state index contributed by atoms with van der Waals surface area (Å²) < 4.78 is 0. The van der Waals surface area contributed by atoms with E-state index in [1.54, 1.807) is 6.54 Å². The van der Waals surface area contributed by atoms with E-state index in [4.69, 9.17) is 0 Å². The predicted molar refractivity (Wildman–Crippen MR) is 41.9 cm³/mol. The first-order valence-electron chi connectivity index (χ1n) is 3.58. The Kier molecular flexibility index (Phi) is 2.89. The van der Waals surface area contributed by atoms with Crippen molar-refractivity contribution in [3.8, 4) is 0 Å². The van der Waals surface area contributed by atoms with Crippen molar-refractivity contribution in [2.75, 3.05) is 0 Å². The molecule has 1 aromatic carbocycles. The zero-order valence-electron chi connectivity index (χ0n) is 6.34. The van der Waals surface area contributed by atoms with E-state index in [0.29, 0.717) is 0 Å². The third kappa shape index (κ3) is 1.51. The van der Waals surface area contributed by atoms with Gasteiger partial charge in [-0.2, -0.15) is 0 Å². The molecule has 1 heterocycles. The molecule has 0 aromatic heterocycles. The molecule has 0 bridgehead atoms. The molecule has 65 valence electrons. The molecule has 0 fully saturated rings. The Morgan fingerprint density at radius 2 is 2.08 bits per heavy atom. The minimum atomic E-state index is 0. The van der Waals surface area contributed by atoms with E-state index in [1.165, 1.54) is 0 Å². The number of nitrogens with one attached hydrogen (secondary N) is 1. The summed E-state index contributed by atoms with van der Waals surface area (Å²) >= 11 is 0. The molecule has 1 aromatic rings. The van der Waals surface area contributed by atoms with Gasteiger partial charge in [0, 0.05) is 22.3 Å². The van der Waals surface area contributed by atoms with Crippen LogP contribution in [0.3, 0.4) is 0 Å². The maximum absolute atomic E-state index is 11.1. The first-order chi connectivity index (χ1) is 5.38. The van der Waals surface area contributed by atoms with Gasteiger partial charge in [-0.15, -0.1) is 6.42 Å². The second-order valence-corrected chi connectivity index (χ2v) is 2.54. The Labute approximate surface area is 81.6 Å². The van der Waals surface area contributed by atoms with Crippen molar-refractivity contribution in [3.63, 3.8) is 0 Å². The molecule has 1 aliphatic rings. The molecule has 1 amide bonds. The first kappa shape index (κ1) is 9.29. The molecule has 1 aliphatic heterocycles. The Bertz CT molecular complexity index is 298. The summed E-state index contributed by atoms with van der Waals surface area (Å²) in [7, 11) is 0. The van der Waals surface area contributed by atoms with E-state index < -0.39 is 0 Å². The number of hydrogen-bond acceptors (Lipinski definition) is 1. The Hall–Kier alpha value is -0.804. The van der Waals surface area contributed by atoms with E-state index in [9.17, 15) is 4.79 Å². The Balaban J connectivity index is 0.000000720. The number of benzene rings is 1. The van der Waals surface area contributed by atoms with Crippen LogP contribution in [0.5, 0.6) is 0 Å². The zero-order chi connectivity index (χ0) is 7.68. The van der Waals surface area contributed by atoms with Crippen LogP contribution in [0.2, 0.25) is 0 Å². The van der Waals surface area contributed by atoms with Crippen LogP contribution in [-0.2, 0) is 23.2 Å². The summed E-state index contributed by atoms with van der Waals surface area (Å²) in [4.78, 5) is 11.1. The fraction of sp³-hybridized carbons (Fsp3) is 0.111. The normalized spacial score (nSPS) is 14.2. The zero-order valence-corrected chi connectivity index (χ0v) is 7.38. The van der Waals surface area contributed by atoms with Gasteiger partial charge in [0.1, 0.15) is 0 Å². The number of rotatable bonds is 0. The molecule has 2 rings (SSSR count). The van der Waals surface area contributed by atoms with Crippen LogP contribution in [0.25, 0.3) is 0 Å². The summed E-state index contributed by atoms with van der Waals surface area (Å²) in [5, 5.41) is 2.67. The standard InChI is InChI=1S/C9H8NO.Co/c11-9-8-4-2-1-3-7(8)5-6-10-9;/h1-4,6H,5H2,(H,10,11);/q-1;. The van der Waals surface area contributed by atoms with Crippen LogP contribution in [0, 0.1) is 6.54 Å². The SMILES string of the molecule is O=C1N[CH-]Cc2ccccc21.[Co]. The second-order valence-electron chi connectivity index (χ2n) is 2.54. The molecule has 0 aliphatic carbocycles. The molecule has 3 heteroatoms. The summed E-state index contributed by atoms with van der Waals surface area (Å²) in [5.41, 5.74) is 1.91. The monoisotopic (exact) mass is 205 g/mol. The quantitative estimate of drug-likeness (QED) is 0.632. The second kappa shape index (κ2) is 3.73. The third-order valence-corrected chi connectivity index (χ3v) is 1.82. The molecular weight excluding hydrogens is 197 g/mol. The van der Waals surface area contributed by atoms with Crippen molar-refractivity contribution in [1.29, 1.82) is 0 Å². The number of fused-ring (bicyclic) bond motifs is 1. The van der Waals surface area contributed by atoms with Gasteiger partial charge in [-0.1, -0.05) is 23.8 Å². The number of carbonyl (C=O) groups is 1. The van der Waals surface area contributed by atoms with Gasteiger partial charge >= 0.3 is 0 Å². The Morgan fingerprint density at radius 3 is 2.83 bits per heavy atom. The van der Waals surface area contributed by atoms with Gasteiger partial charge in [0.05, 0.1) is 0 Å². The largest absolute Gasteiger partial charge is 0.501 e. The van der Waals surface area contributed by atoms with Crippen LogP contribution >= 0.6 is 0 Å². The van der Waals surface area contributed by atoms with Crippen molar-refractivity contribution in [2.45, 2.75) is 6.42 Å². The molecule has 1 radical (unpaired) electrons. The molecule has 12 heavy (non-hydrogen) atoms. The van der Waals surface area contributed by atoms with Crippen molar-refractivity contribution in [2.24, 2.45) is 0 Å². The Morgan fingerprint density at radius 1 is 1.33 bits per heavy atom. The van der Waals surface area contributed by atoms with Gasteiger partial charge in [-0.3, -0.25) is 4.79 Å². The van der Waals surface area contributed by atoms with E-state index in [1.807, 2.05) is 24.3 Å². The molecule has 0 saturated carbocycles. The van der Waals surface area contributed by atoms with Crippen molar-refractivity contribution < 1.29 is 21.6 Å². The van der Waals surface area contributed by atoms with E-state index >= 15 is 0 Å². The van der Waals surface area contributed by atoms with Gasteiger partial charge in [-0.25, -0.2) is 6.54 Å². The molecule has 0 saturated heterocycles. The fourth-order valence-corrected chi connectivity index (χ4v) is 1.25. The van der Waals surface area contributed by atoms with Crippen LogP contribution in [0.4, 0.5) is 0 Å². The molecule has 0 atom stereocenters. The van der Waals surface area contributed by atoms with Gasteiger partial charge < -0.3 is 5.32 Å². The van der Waals surface area contributed by atoms with Crippen LogP contribution in [0.1, 0.15) is 15.9 Å². The molecule has 0 spiro atoms. The van der Waals surface area contributed by atoms with Crippen LogP contribution in [0.15, 0.2) is 24.3 Å². The van der Waals surface area contributed by atoms with Gasteiger partial charge in [0.25, 0.3) is 0 Å². The molecule has 2 nitrogen and oxygen atoms in total. The van der Waals surface area contributed by atoms with E-state index in [0.717, 1.165) is 17.5 Å². The van der Waals surface area contributed by atoms with E-state index in [2.05, 4.69) is 5.32 Å². The molecular formula is C9H8CoNO-. The van der Waals surface area contributed by atoms with Crippen LogP contribution < -0.4 is 5.32 Å². The summed E-state index contributed by atoms with van der Waals surface area (Å²) in [6, 6.07) is 7.65. The third-order valence-electron chi connectivity index (χ3n) is 1.82. The summed E-state index contributed by atoms with van der Waals surface area (Å²) in [6.45, 7) is 1.78. The number of carbonyl (C=O) groups excluding carboxylic acids is 1. The number of hydrogen-bond donors (Lipinski definition) is 1. The maximum atomic E-state index is 11.1. The minimum absolute atomic E-state index is 0. The fourth-order valence-electron chi connectivity index (χ4n) is 1.25. The smallest absolute Gasteiger partial charge is 0.222 e. The van der Waals surface area contributed by atoms with Gasteiger partial charge in [-0.05, 0) is 6.07 Å². The summed E-state index contributed by atoms with van der Waals surface area (Å²) in [5.74, 6) is 0.00634. The van der Waals surface area contributed by atoms with Crippen molar-refractivity contribution >= 4 is 5.91 Å². The topological polar surface area (TPSA) is 29.1 Å². The van der Waals surface area contributed by atoms with E-state index in [-0.39, 0.29) is 22.7 Å². The summed E-state index contributed by atoms with van der Waals surface area (Å²) in [6.07, 6.45) is 0.835. The molecule has 0 unspecified atom stereocenters. The minimum Gasteiger partial charge on any atom is -0.501 e. The average Bonchev–Trinajstić information content (AvgIpc) is 2.06. The van der Waals surface area contributed by atoms with Gasteiger partial charge in [0.2, 0.25) is 5.91 Å². The number of amides is 1.